The van der Waals surface area contributed by atoms with Crippen molar-refractivity contribution in [2.45, 2.75) is 31.1 Å². The lowest BCUT2D eigenvalue weighted by molar-refractivity contribution is 0.0953. The Morgan fingerprint density at radius 2 is 1.53 bits per heavy atom. The zero-order chi connectivity index (χ0) is 25.8. The van der Waals surface area contributed by atoms with Crippen molar-refractivity contribution in [2.75, 3.05) is 56.5 Å². The van der Waals surface area contributed by atoms with Crippen LogP contribution in [0.4, 0.5) is 5.69 Å². The number of benzene rings is 2. The van der Waals surface area contributed by atoms with E-state index in [2.05, 4.69) is 16.3 Å². The van der Waals surface area contributed by atoms with Crippen LogP contribution in [0.2, 0.25) is 0 Å². The maximum Gasteiger partial charge on any atom is 0.251 e. The molecular weight excluding hydrogens is 500 g/mol. The number of hydrogen-bond donors (Lipinski definition) is 1. The van der Waals surface area contributed by atoms with Crippen molar-refractivity contribution >= 4 is 31.6 Å². The van der Waals surface area contributed by atoms with E-state index in [0.717, 1.165) is 18.5 Å². The summed E-state index contributed by atoms with van der Waals surface area (Å²) in [6.45, 7) is 5.47. The predicted octanol–water partition coefficient (Wildman–Crippen LogP) is 2.05. The maximum atomic E-state index is 12.8. The molecular formula is C25H34N4O5S2. The number of aryl methyl sites for hydroxylation is 1. The van der Waals surface area contributed by atoms with Gasteiger partial charge in [-0.15, -0.1) is 0 Å². The molecule has 1 amide bonds. The minimum Gasteiger partial charge on any atom is -0.369 e. The van der Waals surface area contributed by atoms with Gasteiger partial charge in [-0.05, 0) is 68.1 Å². The topological polar surface area (TPSA) is 107 Å². The van der Waals surface area contributed by atoms with E-state index in [4.69, 9.17) is 0 Å². The molecule has 2 aliphatic heterocycles. The lowest BCUT2D eigenvalue weighted by Gasteiger charge is -2.35. The number of sulfonamides is 2. The van der Waals surface area contributed by atoms with Crippen LogP contribution in [0.15, 0.2) is 53.4 Å². The predicted molar refractivity (Wildman–Crippen MR) is 140 cm³/mol. The fourth-order valence-corrected chi connectivity index (χ4v) is 7.60. The van der Waals surface area contributed by atoms with Gasteiger partial charge in [0.1, 0.15) is 0 Å². The normalized spacial score (nSPS) is 17.9. The van der Waals surface area contributed by atoms with Gasteiger partial charge in [-0.1, -0.05) is 12.1 Å². The van der Waals surface area contributed by atoms with E-state index in [9.17, 15) is 21.6 Å². The van der Waals surface area contributed by atoms with Gasteiger partial charge in [0, 0.05) is 57.1 Å². The summed E-state index contributed by atoms with van der Waals surface area (Å²) in [4.78, 5) is 14.8. The van der Waals surface area contributed by atoms with E-state index in [0.29, 0.717) is 51.3 Å². The van der Waals surface area contributed by atoms with E-state index in [-0.39, 0.29) is 23.1 Å². The highest BCUT2D eigenvalue weighted by molar-refractivity contribution is 7.89. The molecule has 0 unspecified atom stereocenters. The van der Waals surface area contributed by atoms with Crippen LogP contribution in [0, 0.1) is 6.92 Å². The molecule has 0 bridgehead atoms. The first-order valence-electron chi connectivity index (χ1n) is 12.3. The fourth-order valence-electron chi connectivity index (χ4n) is 4.59. The van der Waals surface area contributed by atoms with Crippen molar-refractivity contribution in [1.82, 2.24) is 13.9 Å². The van der Waals surface area contributed by atoms with Gasteiger partial charge in [-0.25, -0.2) is 16.8 Å². The summed E-state index contributed by atoms with van der Waals surface area (Å²) in [7, 11) is -6.93. The van der Waals surface area contributed by atoms with Gasteiger partial charge in [0.15, 0.2) is 0 Å². The first-order chi connectivity index (χ1) is 17.2. The second-order valence-electron chi connectivity index (χ2n) is 9.29. The van der Waals surface area contributed by atoms with Gasteiger partial charge in [0.25, 0.3) is 5.91 Å². The quantitative estimate of drug-likeness (QED) is 0.494. The largest absolute Gasteiger partial charge is 0.369 e. The van der Waals surface area contributed by atoms with Crippen LogP contribution >= 0.6 is 0 Å². The number of nitrogens with one attached hydrogen (secondary N) is 1. The van der Waals surface area contributed by atoms with Gasteiger partial charge < -0.3 is 10.2 Å². The molecule has 11 heteroatoms. The van der Waals surface area contributed by atoms with Crippen molar-refractivity contribution in [3.05, 3.63) is 59.7 Å². The molecule has 0 spiro atoms. The minimum atomic E-state index is -3.52. The molecule has 36 heavy (non-hydrogen) atoms. The Bertz CT molecular complexity index is 1270. The van der Waals surface area contributed by atoms with Gasteiger partial charge in [0.2, 0.25) is 20.0 Å². The number of carbonyl (C=O) groups is 1. The van der Waals surface area contributed by atoms with Crippen molar-refractivity contribution in [1.29, 1.82) is 0 Å². The number of carbonyl (C=O) groups excluding carboxylic acids is 1. The monoisotopic (exact) mass is 534 g/mol. The van der Waals surface area contributed by atoms with Crippen LogP contribution in [-0.4, -0.2) is 82.9 Å². The van der Waals surface area contributed by atoms with Crippen LogP contribution in [-0.2, 0) is 20.0 Å². The summed E-state index contributed by atoms with van der Waals surface area (Å²) >= 11 is 0. The van der Waals surface area contributed by atoms with Crippen molar-refractivity contribution in [3.63, 3.8) is 0 Å². The highest BCUT2D eigenvalue weighted by atomic mass is 32.2. The van der Waals surface area contributed by atoms with Gasteiger partial charge in [0.05, 0.1) is 10.6 Å². The highest BCUT2D eigenvalue weighted by Crippen LogP contribution is 2.21. The van der Waals surface area contributed by atoms with Gasteiger partial charge in [-0.2, -0.15) is 8.61 Å². The van der Waals surface area contributed by atoms with Crippen LogP contribution in [0.25, 0.3) is 0 Å². The summed E-state index contributed by atoms with van der Waals surface area (Å²) in [5, 5.41) is 2.73. The van der Waals surface area contributed by atoms with Crippen molar-refractivity contribution in [3.8, 4) is 0 Å². The SMILES string of the molecule is Cc1cccc(N2CCN(S(=O)(=O)CCCNC(=O)c3ccc(S(=O)(=O)N4CCCC4)cc3)CC2)c1. The van der Waals surface area contributed by atoms with E-state index in [1.807, 2.05) is 25.1 Å². The molecule has 1 N–H and O–H groups in total. The number of anilines is 1. The summed E-state index contributed by atoms with van der Waals surface area (Å²) in [6.07, 6.45) is 2.02. The second-order valence-corrected chi connectivity index (χ2v) is 13.3. The van der Waals surface area contributed by atoms with Crippen LogP contribution in [0.3, 0.4) is 0 Å². The molecule has 2 fully saturated rings. The van der Waals surface area contributed by atoms with E-state index in [1.165, 1.54) is 38.4 Å². The molecule has 0 aromatic heterocycles. The average molecular weight is 535 g/mol. The molecule has 196 valence electrons. The highest BCUT2D eigenvalue weighted by Gasteiger charge is 2.28. The second kappa shape index (κ2) is 11.3. The van der Waals surface area contributed by atoms with Crippen molar-refractivity contribution in [2.24, 2.45) is 0 Å². The summed E-state index contributed by atoms with van der Waals surface area (Å²) < 4.78 is 53.8. The van der Waals surface area contributed by atoms with Crippen LogP contribution in [0.1, 0.15) is 35.2 Å². The molecule has 0 radical (unpaired) electrons. The fraction of sp³-hybridized carbons (Fsp3) is 0.480. The van der Waals surface area contributed by atoms with Crippen LogP contribution < -0.4 is 10.2 Å². The lowest BCUT2D eigenvalue weighted by Crippen LogP contribution is -2.49. The van der Waals surface area contributed by atoms with Crippen molar-refractivity contribution < 1.29 is 21.6 Å². The third-order valence-corrected chi connectivity index (χ3v) is 10.6. The number of nitrogens with zero attached hydrogens (tertiary/aromatic N) is 3. The zero-order valence-electron chi connectivity index (χ0n) is 20.6. The molecule has 0 saturated carbocycles. The Morgan fingerprint density at radius 3 is 2.17 bits per heavy atom. The molecule has 2 saturated heterocycles. The Balaban J connectivity index is 1.22. The smallest absolute Gasteiger partial charge is 0.251 e. The molecule has 2 heterocycles. The standard InChI is InChI=1S/C25H34N4O5S2/c1-21-6-4-7-23(20-21)27-15-17-28(18-16-27)35(31,32)19-5-12-26-25(30)22-8-10-24(11-9-22)36(33,34)29-13-2-3-14-29/h4,6-11,20H,2-3,5,12-19H2,1H3,(H,26,30). The first kappa shape index (κ1) is 26.6. The Morgan fingerprint density at radius 1 is 0.861 bits per heavy atom. The summed E-state index contributed by atoms with van der Waals surface area (Å²) in [5.41, 5.74) is 2.62. The van der Waals surface area contributed by atoms with E-state index < -0.39 is 20.0 Å². The van der Waals surface area contributed by atoms with E-state index >= 15 is 0 Å². The molecule has 9 nitrogen and oxygen atoms in total. The van der Waals surface area contributed by atoms with Gasteiger partial charge >= 0.3 is 0 Å². The third-order valence-electron chi connectivity index (χ3n) is 6.68. The molecule has 2 aromatic carbocycles. The Labute approximate surface area is 214 Å². The Hall–Kier alpha value is -2.47. The first-order valence-corrected chi connectivity index (χ1v) is 15.4. The summed E-state index contributed by atoms with van der Waals surface area (Å²) in [6, 6.07) is 14.1. The Kier molecular flexibility index (Phi) is 8.34. The molecule has 0 aliphatic carbocycles. The number of rotatable bonds is 9. The third kappa shape index (κ3) is 6.26. The van der Waals surface area contributed by atoms with Gasteiger partial charge in [-0.3, -0.25) is 4.79 Å². The molecule has 2 aromatic rings. The molecule has 0 atom stereocenters. The zero-order valence-corrected chi connectivity index (χ0v) is 22.2. The van der Waals surface area contributed by atoms with Crippen LogP contribution in [0.5, 0.6) is 0 Å². The lowest BCUT2D eigenvalue weighted by atomic mass is 10.2. The summed E-state index contributed by atoms with van der Waals surface area (Å²) in [5.74, 6) is -0.394. The number of piperazine rings is 1. The number of hydrogen-bond acceptors (Lipinski definition) is 6. The molecule has 2 aliphatic rings. The molecule has 4 rings (SSSR count). The minimum absolute atomic E-state index is 0.0370. The average Bonchev–Trinajstić information content (AvgIpc) is 3.43. The maximum absolute atomic E-state index is 12.8. The number of amides is 1. The van der Waals surface area contributed by atoms with E-state index in [1.54, 1.807) is 0 Å².